The molecule has 5 heteroatoms. The van der Waals surface area contributed by atoms with Crippen LogP contribution >= 0.6 is 0 Å². The highest BCUT2D eigenvalue weighted by Crippen LogP contribution is 2.15. The summed E-state index contributed by atoms with van der Waals surface area (Å²) in [6.07, 6.45) is 0. The normalized spacial score (nSPS) is 11.2. The number of carbonyl (C=O) groups is 2. The van der Waals surface area contributed by atoms with Crippen molar-refractivity contribution >= 4 is 11.9 Å². The lowest BCUT2D eigenvalue weighted by Gasteiger charge is -2.27. The number of methoxy groups -OCH3 is 1. The van der Waals surface area contributed by atoms with E-state index in [0.717, 1.165) is 5.56 Å². The van der Waals surface area contributed by atoms with Crippen LogP contribution in [0.15, 0.2) is 54.6 Å². The van der Waals surface area contributed by atoms with Crippen molar-refractivity contribution in [2.75, 3.05) is 7.11 Å². The van der Waals surface area contributed by atoms with Gasteiger partial charge in [0.25, 0.3) is 5.91 Å². The maximum absolute atomic E-state index is 12.9. The molecule has 5 nitrogen and oxygen atoms in total. The van der Waals surface area contributed by atoms with Gasteiger partial charge >= 0.3 is 5.97 Å². The molecule has 0 spiro atoms. The van der Waals surface area contributed by atoms with Crippen molar-refractivity contribution in [3.8, 4) is 6.07 Å². The molecule has 0 N–H and O–H groups in total. The monoisotopic (exact) mass is 322 g/mol. The Bertz CT molecular complexity index is 766. The third kappa shape index (κ3) is 3.99. The molecule has 0 aliphatic carbocycles. The second kappa shape index (κ2) is 7.93. The van der Waals surface area contributed by atoms with Gasteiger partial charge in [-0.25, -0.2) is 4.79 Å². The van der Waals surface area contributed by atoms with Gasteiger partial charge in [-0.3, -0.25) is 4.79 Å². The minimum absolute atomic E-state index is 0.271. The van der Waals surface area contributed by atoms with Gasteiger partial charge < -0.3 is 9.64 Å². The van der Waals surface area contributed by atoms with Crippen molar-refractivity contribution in [2.45, 2.75) is 19.5 Å². The van der Waals surface area contributed by atoms with E-state index >= 15 is 0 Å². The molecule has 1 atom stereocenters. The molecular weight excluding hydrogens is 304 g/mol. The second-order valence-electron chi connectivity index (χ2n) is 5.31. The fourth-order valence-corrected chi connectivity index (χ4v) is 2.35. The minimum Gasteiger partial charge on any atom is -0.467 e. The van der Waals surface area contributed by atoms with Crippen molar-refractivity contribution in [2.24, 2.45) is 0 Å². The summed E-state index contributed by atoms with van der Waals surface area (Å²) in [4.78, 5) is 26.3. The van der Waals surface area contributed by atoms with Crippen LogP contribution in [0.4, 0.5) is 0 Å². The largest absolute Gasteiger partial charge is 0.467 e. The van der Waals surface area contributed by atoms with Crippen LogP contribution in [0.5, 0.6) is 0 Å². The van der Waals surface area contributed by atoms with Crippen LogP contribution < -0.4 is 0 Å². The predicted molar refractivity (Wildman–Crippen MR) is 89.0 cm³/mol. The molecule has 24 heavy (non-hydrogen) atoms. The molecular formula is C19H18N2O3. The molecule has 1 amide bonds. The zero-order valence-electron chi connectivity index (χ0n) is 13.6. The molecule has 0 bridgehead atoms. The Hall–Kier alpha value is -3.13. The lowest BCUT2D eigenvalue weighted by molar-refractivity contribution is -0.145. The summed E-state index contributed by atoms with van der Waals surface area (Å²) in [5, 5.41) is 9.00. The van der Waals surface area contributed by atoms with Gasteiger partial charge in [-0.05, 0) is 30.7 Å². The van der Waals surface area contributed by atoms with Crippen LogP contribution in [-0.2, 0) is 16.1 Å². The topological polar surface area (TPSA) is 70.4 Å². The summed E-state index contributed by atoms with van der Waals surface area (Å²) < 4.78 is 4.78. The van der Waals surface area contributed by atoms with Crippen molar-refractivity contribution in [3.63, 3.8) is 0 Å². The van der Waals surface area contributed by atoms with Gasteiger partial charge in [0.1, 0.15) is 6.04 Å². The van der Waals surface area contributed by atoms with E-state index in [9.17, 15) is 9.59 Å². The summed E-state index contributed by atoms with van der Waals surface area (Å²) in [7, 11) is 1.29. The Labute approximate surface area is 141 Å². The van der Waals surface area contributed by atoms with Crippen LogP contribution in [0.25, 0.3) is 0 Å². The summed E-state index contributed by atoms with van der Waals surface area (Å²) in [5.41, 5.74) is 1.66. The molecule has 122 valence electrons. The van der Waals surface area contributed by atoms with Crippen LogP contribution in [0.2, 0.25) is 0 Å². The van der Waals surface area contributed by atoms with E-state index < -0.39 is 12.0 Å². The molecule has 0 aliphatic heterocycles. The first kappa shape index (κ1) is 17.2. The van der Waals surface area contributed by atoms with Crippen LogP contribution in [0.1, 0.15) is 28.4 Å². The predicted octanol–water partition coefficient (Wildman–Crippen LogP) is 2.76. The number of ether oxygens (including phenoxy) is 1. The van der Waals surface area contributed by atoms with Gasteiger partial charge in [0.05, 0.1) is 18.7 Å². The maximum Gasteiger partial charge on any atom is 0.328 e. The average Bonchev–Trinajstić information content (AvgIpc) is 2.65. The molecule has 0 heterocycles. The molecule has 1 unspecified atom stereocenters. The fraction of sp³-hybridized carbons (Fsp3) is 0.211. The van der Waals surface area contributed by atoms with Crippen LogP contribution in [0, 0.1) is 11.3 Å². The lowest BCUT2D eigenvalue weighted by atomic mass is 10.1. The smallest absolute Gasteiger partial charge is 0.328 e. The third-order valence-corrected chi connectivity index (χ3v) is 3.71. The standard InChI is InChI=1S/C19H18N2O3/c1-14(19(23)24-2)21(13-15-7-4-3-5-8-15)18(22)17-10-6-9-16(11-17)12-20/h3-11,14H,13H2,1-2H3. The first-order valence-electron chi connectivity index (χ1n) is 7.49. The molecule has 2 aromatic rings. The quantitative estimate of drug-likeness (QED) is 0.794. The van der Waals surface area contributed by atoms with Gasteiger partial charge in [0.15, 0.2) is 0 Å². The maximum atomic E-state index is 12.9. The van der Waals surface area contributed by atoms with E-state index in [1.807, 2.05) is 36.4 Å². The number of nitrogens with zero attached hydrogens (tertiary/aromatic N) is 2. The Morgan fingerprint density at radius 2 is 1.88 bits per heavy atom. The fourth-order valence-electron chi connectivity index (χ4n) is 2.35. The van der Waals surface area contributed by atoms with Gasteiger partial charge in [-0.15, -0.1) is 0 Å². The molecule has 0 aliphatic rings. The zero-order valence-corrected chi connectivity index (χ0v) is 13.6. The van der Waals surface area contributed by atoms with E-state index in [-0.39, 0.29) is 12.5 Å². The number of benzene rings is 2. The Morgan fingerprint density at radius 1 is 1.17 bits per heavy atom. The number of amides is 1. The summed E-state index contributed by atoms with van der Waals surface area (Å²) in [5.74, 6) is -0.815. The van der Waals surface area contributed by atoms with Gasteiger partial charge in [0.2, 0.25) is 0 Å². The second-order valence-corrected chi connectivity index (χ2v) is 5.31. The molecule has 2 rings (SSSR count). The number of esters is 1. The van der Waals surface area contributed by atoms with Gasteiger partial charge in [0, 0.05) is 12.1 Å². The number of hydrogen-bond acceptors (Lipinski definition) is 4. The average molecular weight is 322 g/mol. The van der Waals surface area contributed by atoms with E-state index in [0.29, 0.717) is 11.1 Å². The minimum atomic E-state index is -0.742. The van der Waals surface area contributed by atoms with Crippen molar-refractivity contribution in [3.05, 3.63) is 71.3 Å². The summed E-state index contributed by atoms with van der Waals surface area (Å²) in [6.45, 7) is 1.90. The number of carbonyl (C=O) groups excluding carboxylic acids is 2. The SMILES string of the molecule is COC(=O)C(C)N(Cc1ccccc1)C(=O)c1cccc(C#N)c1. The van der Waals surface area contributed by atoms with E-state index in [1.54, 1.807) is 25.1 Å². The van der Waals surface area contributed by atoms with E-state index in [1.165, 1.54) is 18.1 Å². The van der Waals surface area contributed by atoms with Crippen molar-refractivity contribution in [1.82, 2.24) is 4.90 Å². The highest BCUT2D eigenvalue weighted by Gasteiger charge is 2.27. The molecule has 0 saturated carbocycles. The number of nitriles is 1. The van der Waals surface area contributed by atoms with E-state index in [4.69, 9.17) is 10.00 Å². The van der Waals surface area contributed by atoms with Crippen LogP contribution in [-0.4, -0.2) is 29.9 Å². The van der Waals surface area contributed by atoms with Crippen molar-refractivity contribution < 1.29 is 14.3 Å². The first-order chi connectivity index (χ1) is 11.6. The Balaban J connectivity index is 2.35. The number of hydrogen-bond donors (Lipinski definition) is 0. The molecule has 0 aromatic heterocycles. The third-order valence-electron chi connectivity index (χ3n) is 3.71. The Morgan fingerprint density at radius 3 is 2.50 bits per heavy atom. The van der Waals surface area contributed by atoms with E-state index in [2.05, 4.69) is 0 Å². The Kier molecular flexibility index (Phi) is 5.69. The van der Waals surface area contributed by atoms with Crippen LogP contribution in [0.3, 0.4) is 0 Å². The number of rotatable bonds is 5. The van der Waals surface area contributed by atoms with Gasteiger partial charge in [-0.2, -0.15) is 5.26 Å². The summed E-state index contributed by atoms with van der Waals surface area (Å²) >= 11 is 0. The molecule has 2 aromatic carbocycles. The highest BCUT2D eigenvalue weighted by molar-refractivity contribution is 5.97. The first-order valence-corrected chi connectivity index (χ1v) is 7.49. The molecule has 0 saturated heterocycles. The molecule has 0 radical (unpaired) electrons. The summed E-state index contributed by atoms with van der Waals surface area (Å²) in [6, 6.07) is 17.1. The molecule has 0 fully saturated rings. The lowest BCUT2D eigenvalue weighted by Crippen LogP contribution is -2.43. The van der Waals surface area contributed by atoms with Crippen molar-refractivity contribution in [1.29, 1.82) is 5.26 Å². The zero-order chi connectivity index (χ0) is 17.5. The van der Waals surface area contributed by atoms with Gasteiger partial charge in [-0.1, -0.05) is 36.4 Å². The highest BCUT2D eigenvalue weighted by atomic mass is 16.5.